The Kier molecular flexibility index (Phi) is 8.39. The van der Waals surface area contributed by atoms with Gasteiger partial charge < -0.3 is 10.2 Å². The molecule has 0 heterocycles. The Hall–Kier alpha value is -1.35. The van der Waals surface area contributed by atoms with Gasteiger partial charge in [0.05, 0.1) is 12.7 Å². The normalized spacial score (nSPS) is 23.8. The van der Waals surface area contributed by atoms with E-state index in [2.05, 4.69) is 57.2 Å². The minimum atomic E-state index is -0.279. The number of aryl methyl sites for hydroxylation is 5. The van der Waals surface area contributed by atoms with Crippen LogP contribution >= 0.6 is 11.6 Å². The number of alkyl halides is 1. The predicted octanol–water partition coefficient (Wildman–Crippen LogP) is 5.92. The van der Waals surface area contributed by atoms with E-state index in [0.29, 0.717) is 18.3 Å². The van der Waals surface area contributed by atoms with E-state index >= 15 is 0 Å². The first-order valence-corrected chi connectivity index (χ1v) is 12.0. The molecule has 2 N–H and O–H groups in total. The average Bonchev–Trinajstić information content (AvgIpc) is 3.01. The quantitative estimate of drug-likeness (QED) is 0.487. The van der Waals surface area contributed by atoms with Crippen molar-refractivity contribution >= 4 is 11.6 Å². The first kappa shape index (κ1) is 23.3. The van der Waals surface area contributed by atoms with Crippen molar-refractivity contribution < 1.29 is 10.2 Å². The van der Waals surface area contributed by atoms with Gasteiger partial charge in [0.25, 0.3) is 0 Å². The van der Waals surface area contributed by atoms with E-state index in [0.717, 1.165) is 49.7 Å². The van der Waals surface area contributed by atoms with Crippen molar-refractivity contribution in [2.75, 3.05) is 0 Å². The van der Waals surface area contributed by atoms with Crippen molar-refractivity contribution in [3.05, 3.63) is 69.8 Å². The van der Waals surface area contributed by atoms with Crippen LogP contribution in [0.5, 0.6) is 0 Å². The van der Waals surface area contributed by atoms with Crippen LogP contribution in [0.1, 0.15) is 66.0 Å². The molecule has 0 spiro atoms. The minimum absolute atomic E-state index is 0.0616. The summed E-state index contributed by atoms with van der Waals surface area (Å²) in [7, 11) is 0. The van der Waals surface area contributed by atoms with Gasteiger partial charge in [-0.25, -0.2) is 0 Å². The number of benzene rings is 2. The second kappa shape index (κ2) is 10.8. The molecule has 164 valence electrons. The summed E-state index contributed by atoms with van der Waals surface area (Å²) in [6, 6.07) is 13.2. The van der Waals surface area contributed by atoms with E-state index in [9.17, 15) is 10.2 Å². The summed E-state index contributed by atoms with van der Waals surface area (Å²) >= 11 is 6.70. The fourth-order valence-electron chi connectivity index (χ4n) is 5.18. The third-order valence-electron chi connectivity index (χ3n) is 7.09. The SMILES string of the molecule is CCc1cccc(CCCC2C(O)CC(Cl)C2CCc2cc(C)c(CO)cc2C)c1. The van der Waals surface area contributed by atoms with Gasteiger partial charge in [0.2, 0.25) is 0 Å². The van der Waals surface area contributed by atoms with Crippen molar-refractivity contribution in [3.63, 3.8) is 0 Å². The van der Waals surface area contributed by atoms with Crippen molar-refractivity contribution in [1.29, 1.82) is 0 Å². The molecular formula is C27H37ClO2. The number of aliphatic hydroxyl groups excluding tert-OH is 2. The lowest BCUT2D eigenvalue weighted by Gasteiger charge is -2.24. The van der Waals surface area contributed by atoms with Crippen LogP contribution in [0.3, 0.4) is 0 Å². The molecule has 30 heavy (non-hydrogen) atoms. The lowest BCUT2D eigenvalue weighted by Crippen LogP contribution is -2.21. The van der Waals surface area contributed by atoms with E-state index in [-0.39, 0.29) is 18.1 Å². The Morgan fingerprint density at radius 2 is 1.63 bits per heavy atom. The first-order chi connectivity index (χ1) is 14.4. The largest absolute Gasteiger partial charge is 0.393 e. The maximum Gasteiger partial charge on any atom is 0.0684 e. The minimum Gasteiger partial charge on any atom is -0.393 e. The van der Waals surface area contributed by atoms with Crippen LogP contribution in [0.2, 0.25) is 0 Å². The smallest absolute Gasteiger partial charge is 0.0684 e. The molecule has 1 aliphatic carbocycles. The molecule has 0 amide bonds. The van der Waals surface area contributed by atoms with Gasteiger partial charge >= 0.3 is 0 Å². The zero-order valence-corrected chi connectivity index (χ0v) is 19.5. The number of hydrogen-bond acceptors (Lipinski definition) is 2. The Bertz CT molecular complexity index is 832. The van der Waals surface area contributed by atoms with Crippen LogP contribution in [0.4, 0.5) is 0 Å². The van der Waals surface area contributed by atoms with Crippen molar-refractivity contribution in [1.82, 2.24) is 0 Å². The predicted molar refractivity (Wildman–Crippen MR) is 126 cm³/mol. The number of rotatable bonds is 9. The molecule has 1 fully saturated rings. The number of aliphatic hydroxyl groups is 2. The summed E-state index contributed by atoms with van der Waals surface area (Å²) in [5.74, 6) is 0.654. The second-order valence-corrected chi connectivity index (χ2v) is 9.68. The molecule has 1 aliphatic rings. The average molecular weight is 429 g/mol. The highest BCUT2D eigenvalue weighted by atomic mass is 35.5. The molecule has 0 aromatic heterocycles. The summed E-state index contributed by atoms with van der Waals surface area (Å²) in [6.07, 6.45) is 6.70. The molecule has 2 nitrogen and oxygen atoms in total. The summed E-state index contributed by atoms with van der Waals surface area (Å²) in [5.41, 5.74) is 7.53. The second-order valence-electron chi connectivity index (χ2n) is 9.11. The zero-order valence-electron chi connectivity index (χ0n) is 18.7. The van der Waals surface area contributed by atoms with Gasteiger partial charge in [-0.3, -0.25) is 0 Å². The lowest BCUT2D eigenvalue weighted by atomic mass is 9.84. The molecule has 4 unspecified atom stereocenters. The highest BCUT2D eigenvalue weighted by Gasteiger charge is 2.40. The highest BCUT2D eigenvalue weighted by Crippen LogP contribution is 2.41. The molecule has 0 bridgehead atoms. The van der Waals surface area contributed by atoms with Crippen LogP contribution < -0.4 is 0 Å². The molecule has 2 aromatic rings. The molecule has 3 rings (SSSR count). The molecule has 1 saturated carbocycles. The van der Waals surface area contributed by atoms with E-state index in [4.69, 9.17) is 11.6 Å². The van der Waals surface area contributed by atoms with Crippen LogP contribution in [0.25, 0.3) is 0 Å². The molecule has 3 heteroatoms. The van der Waals surface area contributed by atoms with Gasteiger partial charge in [0.1, 0.15) is 0 Å². The van der Waals surface area contributed by atoms with Gasteiger partial charge in [-0.15, -0.1) is 11.6 Å². The van der Waals surface area contributed by atoms with E-state index in [1.165, 1.54) is 22.3 Å². The number of halogens is 1. The fraction of sp³-hybridized carbons (Fsp3) is 0.556. The molecular weight excluding hydrogens is 392 g/mol. The Balaban J connectivity index is 1.60. The zero-order chi connectivity index (χ0) is 21.7. The van der Waals surface area contributed by atoms with Crippen LogP contribution in [0, 0.1) is 25.7 Å². The fourth-order valence-corrected chi connectivity index (χ4v) is 5.68. The van der Waals surface area contributed by atoms with Crippen LogP contribution in [0.15, 0.2) is 36.4 Å². The topological polar surface area (TPSA) is 40.5 Å². The Labute approximate surface area is 187 Å². The number of hydrogen-bond donors (Lipinski definition) is 2. The molecule has 2 aromatic carbocycles. The van der Waals surface area contributed by atoms with Gasteiger partial charge in [0.15, 0.2) is 0 Å². The standard InChI is InChI=1S/C27H37ClO2/c1-4-20-7-5-8-21(15-20)9-6-10-25-24(26(28)16-27(25)30)12-11-22-13-19(3)23(17-29)14-18(22)2/h5,7-8,13-15,24-27,29-30H,4,6,9-12,16-17H2,1-3H3. The van der Waals surface area contributed by atoms with Crippen molar-refractivity contribution in [2.45, 2.75) is 83.8 Å². The summed E-state index contributed by atoms with van der Waals surface area (Å²) in [6.45, 7) is 6.47. The molecule has 0 saturated heterocycles. The maximum atomic E-state index is 10.7. The van der Waals surface area contributed by atoms with Crippen molar-refractivity contribution in [2.24, 2.45) is 11.8 Å². The Morgan fingerprint density at radius 3 is 2.37 bits per heavy atom. The van der Waals surface area contributed by atoms with Gasteiger partial charge in [-0.05, 0) is 104 Å². The monoisotopic (exact) mass is 428 g/mol. The first-order valence-electron chi connectivity index (χ1n) is 11.5. The summed E-state index contributed by atoms with van der Waals surface area (Å²) < 4.78 is 0. The third-order valence-corrected chi connectivity index (χ3v) is 7.59. The summed E-state index contributed by atoms with van der Waals surface area (Å²) in [4.78, 5) is 0. The third kappa shape index (κ3) is 5.66. The van der Waals surface area contributed by atoms with Crippen LogP contribution in [-0.2, 0) is 25.9 Å². The van der Waals surface area contributed by atoms with E-state index in [1.807, 2.05) is 0 Å². The van der Waals surface area contributed by atoms with E-state index < -0.39 is 0 Å². The van der Waals surface area contributed by atoms with Crippen molar-refractivity contribution in [3.8, 4) is 0 Å². The molecule has 4 atom stereocenters. The van der Waals surface area contributed by atoms with Gasteiger partial charge in [0, 0.05) is 5.38 Å². The highest BCUT2D eigenvalue weighted by molar-refractivity contribution is 6.21. The lowest BCUT2D eigenvalue weighted by molar-refractivity contribution is 0.108. The van der Waals surface area contributed by atoms with E-state index in [1.54, 1.807) is 0 Å². The maximum absolute atomic E-state index is 10.7. The molecule has 0 radical (unpaired) electrons. The van der Waals surface area contributed by atoms with Gasteiger partial charge in [-0.1, -0.05) is 43.3 Å². The molecule has 0 aliphatic heterocycles. The Morgan fingerprint density at radius 1 is 0.933 bits per heavy atom. The van der Waals surface area contributed by atoms with Crippen LogP contribution in [-0.4, -0.2) is 21.7 Å². The summed E-state index contributed by atoms with van der Waals surface area (Å²) in [5, 5.41) is 20.2. The van der Waals surface area contributed by atoms with Gasteiger partial charge in [-0.2, -0.15) is 0 Å².